The molecule has 66 heavy (non-hydrogen) atoms. The number of aromatic nitrogens is 4. The third kappa shape index (κ3) is 10.0. The minimum Gasteiger partial charge on any atom is -0.492 e. The SMILES string of the molecule is CCOc1cc(CN2CCC(C3CC(N(N)c4nc(-c5ccccc5F)c5cc(Cl)ccc5n4)CCN3c3nc(-c4ccccc4F)c4cc(Cl)ccc4n3)CC2)cc(OCC)c1N.Cl.Cl. The summed E-state index contributed by atoms with van der Waals surface area (Å²) < 4.78 is 42.7. The first kappa shape index (κ1) is 48.6. The zero-order valence-electron chi connectivity index (χ0n) is 36.5. The van der Waals surface area contributed by atoms with E-state index in [1.165, 1.54) is 12.1 Å². The van der Waals surface area contributed by atoms with Crippen molar-refractivity contribution >= 4 is 87.4 Å². The third-order valence-corrected chi connectivity index (χ3v) is 12.9. The Kier molecular flexibility index (Phi) is 15.6. The van der Waals surface area contributed by atoms with Crippen LogP contribution in [0.2, 0.25) is 10.0 Å². The predicted molar refractivity (Wildman–Crippen MR) is 266 cm³/mol. The number of benzene rings is 5. The van der Waals surface area contributed by atoms with Crippen LogP contribution in [0.1, 0.15) is 45.1 Å². The van der Waals surface area contributed by atoms with E-state index in [4.69, 9.17) is 64.2 Å². The van der Waals surface area contributed by atoms with E-state index in [9.17, 15) is 0 Å². The number of nitrogens with two attached hydrogens (primary N) is 2. The van der Waals surface area contributed by atoms with Crippen LogP contribution in [-0.4, -0.2) is 69.8 Å². The molecular weight excluding hydrogens is 926 g/mol. The summed E-state index contributed by atoms with van der Waals surface area (Å²) in [5.74, 6) is 8.55. The number of likely N-dealkylation sites (tertiary alicyclic amines) is 1. The number of hydrogen-bond acceptors (Lipinski definition) is 11. The van der Waals surface area contributed by atoms with Crippen molar-refractivity contribution in [1.29, 1.82) is 0 Å². The Morgan fingerprint density at radius 1 is 0.697 bits per heavy atom. The van der Waals surface area contributed by atoms with Crippen molar-refractivity contribution in [2.45, 2.75) is 58.2 Å². The molecule has 5 aromatic carbocycles. The molecule has 0 radical (unpaired) electrons. The van der Waals surface area contributed by atoms with Gasteiger partial charge in [0.25, 0.3) is 0 Å². The summed E-state index contributed by atoms with van der Waals surface area (Å²) in [6, 6.07) is 27.7. The molecule has 4 N–H and O–H groups in total. The molecule has 7 aromatic rings. The molecule has 4 heterocycles. The van der Waals surface area contributed by atoms with Gasteiger partial charge >= 0.3 is 0 Å². The number of anilines is 3. The number of nitrogen functional groups attached to an aromatic ring is 1. The lowest BCUT2D eigenvalue weighted by Crippen LogP contribution is -2.56. The molecule has 0 saturated carbocycles. The van der Waals surface area contributed by atoms with E-state index >= 15 is 8.78 Å². The van der Waals surface area contributed by atoms with Gasteiger partial charge in [-0.15, -0.1) is 24.8 Å². The number of hydrazine groups is 1. The fourth-order valence-electron chi connectivity index (χ4n) is 9.28. The molecule has 2 fully saturated rings. The lowest BCUT2D eigenvalue weighted by molar-refractivity contribution is 0.148. The summed E-state index contributed by atoms with van der Waals surface area (Å²) in [7, 11) is 0. The number of piperidine rings is 2. The Morgan fingerprint density at radius 2 is 1.24 bits per heavy atom. The van der Waals surface area contributed by atoms with Crippen molar-refractivity contribution in [2.24, 2.45) is 11.8 Å². The zero-order chi connectivity index (χ0) is 44.5. The summed E-state index contributed by atoms with van der Waals surface area (Å²) in [6.07, 6.45) is 3.01. The Morgan fingerprint density at radius 3 is 1.80 bits per heavy atom. The van der Waals surface area contributed by atoms with Gasteiger partial charge in [0.1, 0.15) is 28.8 Å². The Labute approximate surface area is 405 Å². The standard InChI is InChI=1S/C49H49Cl2F2N9O2.2ClH/c1-3-63-43-23-29(24-44(45(43)54)64-4-2)28-60-20-17-30(18-21-60)42-27-33(62(55)49-57-41-16-14-32(51)26-37(41)47(59-49)35-10-6-8-12-39(35)53)19-22-61(42)48-56-40-15-13-31(50)25-36(40)46(58-48)34-9-5-7-11-38(34)52;;/h5-16,23-26,30,33,42H,3-4,17-22,27-28,54-55H2,1-2H3;2*1H. The smallest absolute Gasteiger partial charge is 0.241 e. The van der Waals surface area contributed by atoms with Gasteiger partial charge in [-0.1, -0.05) is 47.5 Å². The molecule has 2 aliphatic rings. The van der Waals surface area contributed by atoms with Crippen LogP contribution in [0.5, 0.6) is 11.5 Å². The predicted octanol–water partition coefficient (Wildman–Crippen LogP) is 11.3. The van der Waals surface area contributed by atoms with Crippen LogP contribution in [-0.2, 0) is 6.54 Å². The van der Waals surface area contributed by atoms with E-state index < -0.39 is 5.82 Å². The maximum atomic E-state index is 15.6. The Bertz CT molecular complexity index is 2810. The summed E-state index contributed by atoms with van der Waals surface area (Å²) in [6.45, 7) is 7.80. The van der Waals surface area contributed by atoms with Gasteiger partial charge in [-0.2, -0.15) is 0 Å². The molecule has 0 spiro atoms. The molecule has 2 saturated heterocycles. The van der Waals surface area contributed by atoms with Gasteiger partial charge in [0, 0.05) is 51.1 Å². The van der Waals surface area contributed by atoms with Crippen molar-refractivity contribution in [2.75, 3.05) is 48.5 Å². The van der Waals surface area contributed by atoms with Gasteiger partial charge in [0.15, 0.2) is 0 Å². The topological polar surface area (TPSA) is 132 Å². The molecule has 9 rings (SSSR count). The first-order valence-electron chi connectivity index (χ1n) is 21.7. The van der Waals surface area contributed by atoms with Gasteiger partial charge in [-0.05, 0) is 137 Å². The second-order valence-electron chi connectivity index (χ2n) is 16.4. The molecule has 0 amide bonds. The number of hydrogen-bond donors (Lipinski definition) is 2. The molecule has 346 valence electrons. The van der Waals surface area contributed by atoms with E-state index in [0.29, 0.717) is 117 Å². The van der Waals surface area contributed by atoms with E-state index in [1.807, 2.05) is 32.0 Å². The van der Waals surface area contributed by atoms with E-state index in [-0.39, 0.29) is 54.6 Å². The number of halogens is 6. The van der Waals surface area contributed by atoms with Gasteiger partial charge in [0.05, 0.1) is 41.7 Å². The fourth-order valence-corrected chi connectivity index (χ4v) is 9.62. The van der Waals surface area contributed by atoms with Crippen LogP contribution in [0.4, 0.5) is 26.4 Å². The van der Waals surface area contributed by atoms with Gasteiger partial charge in [-0.3, -0.25) is 9.91 Å². The van der Waals surface area contributed by atoms with Crippen molar-refractivity contribution in [3.8, 4) is 34.0 Å². The van der Waals surface area contributed by atoms with Crippen LogP contribution >= 0.6 is 48.0 Å². The average molecular weight is 978 g/mol. The molecule has 11 nitrogen and oxygen atoms in total. The minimum atomic E-state index is -0.412. The summed E-state index contributed by atoms with van der Waals surface area (Å²) in [4.78, 5) is 24.8. The van der Waals surface area contributed by atoms with E-state index in [2.05, 4.69) is 9.80 Å². The number of nitrogens with zero attached hydrogens (tertiary/aromatic N) is 7. The normalized spacial score (nSPS) is 16.7. The first-order chi connectivity index (χ1) is 31.1. The highest BCUT2D eigenvalue weighted by atomic mass is 35.5. The molecule has 0 aliphatic carbocycles. The van der Waals surface area contributed by atoms with E-state index in [0.717, 1.165) is 31.5 Å². The van der Waals surface area contributed by atoms with Crippen LogP contribution in [0.25, 0.3) is 44.3 Å². The lowest BCUT2D eigenvalue weighted by atomic mass is 9.82. The maximum Gasteiger partial charge on any atom is 0.241 e. The second kappa shape index (κ2) is 21.1. The summed E-state index contributed by atoms with van der Waals surface area (Å²) >= 11 is 12.9. The van der Waals surface area contributed by atoms with Crippen molar-refractivity contribution in [3.05, 3.63) is 124 Å². The first-order valence-corrected chi connectivity index (χ1v) is 22.5. The summed E-state index contributed by atoms with van der Waals surface area (Å²) in [5.41, 5.74) is 10.8. The summed E-state index contributed by atoms with van der Waals surface area (Å²) in [5, 5.41) is 3.92. The highest BCUT2D eigenvalue weighted by Gasteiger charge is 2.40. The molecule has 2 unspecified atom stereocenters. The maximum absolute atomic E-state index is 15.6. The molecule has 2 aromatic heterocycles. The van der Waals surface area contributed by atoms with E-state index in [1.54, 1.807) is 71.7 Å². The lowest BCUT2D eigenvalue weighted by Gasteiger charge is -2.47. The van der Waals surface area contributed by atoms with Crippen LogP contribution in [0.15, 0.2) is 97.1 Å². The monoisotopic (exact) mass is 975 g/mol. The number of fused-ring (bicyclic) bond motifs is 2. The van der Waals surface area contributed by atoms with Gasteiger partial charge in [0.2, 0.25) is 11.9 Å². The largest absolute Gasteiger partial charge is 0.492 e. The average Bonchev–Trinajstić information content (AvgIpc) is 3.30. The van der Waals surface area contributed by atoms with Gasteiger partial charge in [-0.25, -0.2) is 34.6 Å². The molecular formula is C49H51Cl4F2N9O2. The van der Waals surface area contributed by atoms with Crippen LogP contribution in [0, 0.1) is 17.6 Å². The molecule has 2 aliphatic heterocycles. The van der Waals surface area contributed by atoms with Crippen molar-refractivity contribution < 1.29 is 18.3 Å². The number of ether oxygens (including phenoxy) is 2. The highest BCUT2D eigenvalue weighted by molar-refractivity contribution is 6.31. The van der Waals surface area contributed by atoms with Crippen LogP contribution < -0.4 is 31.0 Å². The van der Waals surface area contributed by atoms with Gasteiger partial charge < -0.3 is 20.1 Å². The molecule has 0 bridgehead atoms. The molecule has 17 heteroatoms. The van der Waals surface area contributed by atoms with Crippen LogP contribution in [0.3, 0.4) is 0 Å². The Hall–Kier alpha value is -5.28. The molecule has 2 atom stereocenters. The Balaban J connectivity index is 0.00000324. The third-order valence-electron chi connectivity index (χ3n) is 12.4. The van der Waals surface area contributed by atoms with Crippen molar-refractivity contribution in [1.82, 2.24) is 24.8 Å². The fraction of sp³-hybridized carbons (Fsp3) is 0.306. The zero-order valence-corrected chi connectivity index (χ0v) is 39.6. The minimum absolute atomic E-state index is 0. The number of rotatable bonds is 12. The van der Waals surface area contributed by atoms with Crippen molar-refractivity contribution in [3.63, 3.8) is 0 Å². The highest BCUT2D eigenvalue weighted by Crippen LogP contribution is 2.40. The second-order valence-corrected chi connectivity index (χ2v) is 17.2. The quantitative estimate of drug-likeness (QED) is 0.0689.